The first-order valence-electron chi connectivity index (χ1n) is 4.97. The number of aromatic nitrogens is 1. The average molecular weight is 213 g/mol. The summed E-state index contributed by atoms with van der Waals surface area (Å²) in [5.41, 5.74) is 2.50. The Morgan fingerprint density at radius 2 is 2.50 bits per heavy atom. The molecule has 0 aliphatic carbocycles. The number of rotatable bonds is 3. The van der Waals surface area contributed by atoms with Gasteiger partial charge in [-0.05, 0) is 19.3 Å². The molecule has 0 radical (unpaired) electrons. The van der Waals surface area contributed by atoms with Crippen LogP contribution < -0.4 is 0 Å². The first-order chi connectivity index (χ1) is 6.85. The van der Waals surface area contributed by atoms with E-state index in [1.54, 1.807) is 11.3 Å². The largest absolute Gasteiger partial charge is 0.393 e. The average Bonchev–Trinajstić information content (AvgIpc) is 2.72. The summed E-state index contributed by atoms with van der Waals surface area (Å²) in [4.78, 5) is 4.23. The first-order valence-corrected chi connectivity index (χ1v) is 5.91. The minimum absolute atomic E-state index is 0.102. The third-order valence-electron chi connectivity index (χ3n) is 2.71. The molecule has 1 fully saturated rings. The molecule has 1 N–H and O–H groups in total. The fourth-order valence-corrected chi connectivity index (χ4v) is 2.44. The lowest BCUT2D eigenvalue weighted by Crippen LogP contribution is -2.42. The fourth-order valence-electron chi connectivity index (χ4n) is 1.89. The second-order valence-electron chi connectivity index (χ2n) is 3.80. The number of hydrogen-bond acceptors (Lipinski definition) is 4. The number of thiazole rings is 1. The maximum Gasteiger partial charge on any atom is 0.0967 e. The molecule has 1 aliphatic heterocycles. The molecule has 0 bridgehead atoms. The molecule has 0 spiro atoms. The number of aliphatic hydroxyl groups excluding tert-OH is 1. The molecular formula is C10H15NO2S. The van der Waals surface area contributed by atoms with E-state index in [9.17, 15) is 5.11 Å². The van der Waals surface area contributed by atoms with Gasteiger partial charge in [-0.3, -0.25) is 0 Å². The lowest BCUT2D eigenvalue weighted by atomic mass is 9.90. The van der Waals surface area contributed by atoms with E-state index in [1.807, 2.05) is 10.9 Å². The van der Waals surface area contributed by atoms with Crippen molar-refractivity contribution < 1.29 is 9.84 Å². The first kappa shape index (κ1) is 10.1. The monoisotopic (exact) mass is 213 g/mol. The summed E-state index contributed by atoms with van der Waals surface area (Å²) >= 11 is 1.59. The highest BCUT2D eigenvalue weighted by Gasteiger charge is 2.33. The normalized spacial score (nSPS) is 27.8. The summed E-state index contributed by atoms with van der Waals surface area (Å²) < 4.78 is 5.70. The van der Waals surface area contributed by atoms with Crippen LogP contribution in [0.1, 0.15) is 25.0 Å². The summed E-state index contributed by atoms with van der Waals surface area (Å²) in [7, 11) is 0. The Hall–Kier alpha value is -0.450. The Morgan fingerprint density at radius 3 is 3.07 bits per heavy atom. The number of nitrogens with zero attached hydrogens (tertiary/aromatic N) is 1. The van der Waals surface area contributed by atoms with Crippen molar-refractivity contribution in [3.63, 3.8) is 0 Å². The zero-order chi connectivity index (χ0) is 9.86. The number of aliphatic hydroxyl groups is 1. The van der Waals surface area contributed by atoms with Gasteiger partial charge in [-0.1, -0.05) is 0 Å². The predicted molar refractivity (Wildman–Crippen MR) is 55.4 cm³/mol. The smallest absolute Gasteiger partial charge is 0.0967 e. The van der Waals surface area contributed by atoms with Crippen molar-refractivity contribution >= 4 is 11.3 Å². The molecule has 0 amide bonds. The van der Waals surface area contributed by atoms with Gasteiger partial charge in [0.2, 0.25) is 0 Å². The van der Waals surface area contributed by atoms with Crippen molar-refractivity contribution in [3.8, 4) is 0 Å². The number of ether oxygens (including phenoxy) is 1. The zero-order valence-corrected chi connectivity index (χ0v) is 8.92. The highest BCUT2D eigenvalue weighted by atomic mass is 32.1. The van der Waals surface area contributed by atoms with E-state index < -0.39 is 0 Å². The molecule has 2 heterocycles. The van der Waals surface area contributed by atoms with Gasteiger partial charge in [-0.25, -0.2) is 4.98 Å². The molecule has 4 heteroatoms. The van der Waals surface area contributed by atoms with Crippen LogP contribution in [0.2, 0.25) is 0 Å². The molecule has 1 atom stereocenters. The van der Waals surface area contributed by atoms with Crippen LogP contribution >= 0.6 is 11.3 Å². The summed E-state index contributed by atoms with van der Waals surface area (Å²) in [6.45, 7) is 0.870. The zero-order valence-electron chi connectivity index (χ0n) is 8.11. The molecule has 1 saturated heterocycles. The van der Waals surface area contributed by atoms with E-state index in [0.29, 0.717) is 0 Å². The topological polar surface area (TPSA) is 42.4 Å². The summed E-state index contributed by atoms with van der Waals surface area (Å²) in [6, 6.07) is 0. The van der Waals surface area contributed by atoms with Crippen LogP contribution in [0.4, 0.5) is 0 Å². The maximum absolute atomic E-state index is 9.39. The van der Waals surface area contributed by atoms with Gasteiger partial charge in [0.15, 0.2) is 0 Å². The quantitative estimate of drug-likeness (QED) is 0.829. The molecular weight excluding hydrogens is 198 g/mol. The Labute approximate surface area is 87.7 Å². The minimum atomic E-state index is -0.355. The Bertz CT molecular complexity index is 268. The van der Waals surface area contributed by atoms with Crippen LogP contribution in [-0.2, 0) is 11.2 Å². The molecule has 1 aromatic heterocycles. The van der Waals surface area contributed by atoms with Crippen LogP contribution in [0.3, 0.4) is 0 Å². The highest BCUT2D eigenvalue weighted by Crippen LogP contribution is 2.28. The third kappa shape index (κ3) is 2.13. The second kappa shape index (κ2) is 4.38. The van der Waals surface area contributed by atoms with Gasteiger partial charge in [-0.2, -0.15) is 0 Å². The lowest BCUT2D eigenvalue weighted by Gasteiger charge is -2.35. The van der Waals surface area contributed by atoms with Crippen molar-refractivity contribution in [3.05, 3.63) is 16.6 Å². The van der Waals surface area contributed by atoms with Crippen LogP contribution in [0, 0.1) is 0 Å². The molecule has 0 saturated carbocycles. The Balaban J connectivity index is 2.04. The van der Waals surface area contributed by atoms with E-state index in [4.69, 9.17) is 4.74 Å². The van der Waals surface area contributed by atoms with E-state index in [2.05, 4.69) is 4.98 Å². The van der Waals surface area contributed by atoms with Gasteiger partial charge in [-0.15, -0.1) is 11.3 Å². The van der Waals surface area contributed by atoms with E-state index in [-0.39, 0.29) is 12.2 Å². The lowest BCUT2D eigenvalue weighted by molar-refractivity contribution is -0.107. The van der Waals surface area contributed by atoms with Crippen molar-refractivity contribution in [2.24, 2.45) is 0 Å². The van der Waals surface area contributed by atoms with Crippen molar-refractivity contribution in [1.82, 2.24) is 4.98 Å². The van der Waals surface area contributed by atoms with E-state index >= 15 is 0 Å². The molecule has 0 aromatic carbocycles. The number of hydrogen-bond donors (Lipinski definition) is 1. The maximum atomic E-state index is 9.39. The molecule has 1 aromatic rings. The minimum Gasteiger partial charge on any atom is -0.393 e. The van der Waals surface area contributed by atoms with E-state index in [0.717, 1.165) is 38.0 Å². The highest BCUT2D eigenvalue weighted by molar-refractivity contribution is 7.07. The summed E-state index contributed by atoms with van der Waals surface area (Å²) in [5.74, 6) is 0. The van der Waals surface area contributed by atoms with Gasteiger partial charge < -0.3 is 9.84 Å². The van der Waals surface area contributed by atoms with E-state index in [1.165, 1.54) is 0 Å². The molecule has 1 unspecified atom stereocenters. The van der Waals surface area contributed by atoms with Crippen molar-refractivity contribution in [2.45, 2.75) is 31.3 Å². The van der Waals surface area contributed by atoms with Crippen LogP contribution in [0.5, 0.6) is 0 Å². The van der Waals surface area contributed by atoms with Crippen LogP contribution in [0.15, 0.2) is 10.9 Å². The molecule has 2 rings (SSSR count). The van der Waals surface area contributed by atoms with Gasteiger partial charge in [0.1, 0.15) is 0 Å². The molecule has 3 nitrogen and oxygen atoms in total. The summed E-state index contributed by atoms with van der Waals surface area (Å²) in [5, 5.41) is 11.4. The van der Waals surface area contributed by atoms with Gasteiger partial charge in [0, 0.05) is 18.4 Å². The van der Waals surface area contributed by atoms with Gasteiger partial charge in [0.25, 0.3) is 0 Å². The van der Waals surface area contributed by atoms with Gasteiger partial charge >= 0.3 is 0 Å². The van der Waals surface area contributed by atoms with Crippen LogP contribution in [-0.4, -0.2) is 28.9 Å². The third-order valence-corrected chi connectivity index (χ3v) is 3.35. The standard InChI is InChI=1S/C10H15NO2S/c12-7-10(3-1-2-4-13-10)5-9-6-14-8-11-9/h6,8,12H,1-5,7H2. The fraction of sp³-hybridized carbons (Fsp3) is 0.700. The van der Waals surface area contributed by atoms with Gasteiger partial charge in [0.05, 0.1) is 23.4 Å². The molecule has 78 valence electrons. The molecule has 14 heavy (non-hydrogen) atoms. The summed E-state index contributed by atoms with van der Waals surface area (Å²) in [6.07, 6.45) is 3.94. The van der Waals surface area contributed by atoms with Crippen molar-refractivity contribution in [1.29, 1.82) is 0 Å². The predicted octanol–water partition coefficient (Wildman–Crippen LogP) is 1.62. The van der Waals surface area contributed by atoms with Crippen LogP contribution in [0.25, 0.3) is 0 Å². The second-order valence-corrected chi connectivity index (χ2v) is 4.52. The molecule has 1 aliphatic rings. The van der Waals surface area contributed by atoms with Crippen molar-refractivity contribution in [2.75, 3.05) is 13.2 Å². The Morgan fingerprint density at radius 1 is 1.57 bits per heavy atom. The Kier molecular flexibility index (Phi) is 3.15. The SMILES string of the molecule is OCC1(Cc2cscn2)CCCCO1.